The number of benzene rings is 3. The number of ether oxygens (including phenoxy) is 3. The summed E-state index contributed by atoms with van der Waals surface area (Å²) in [5, 5.41) is 1.14. The average molecular weight is 555 g/mol. The molecule has 5 nitrogen and oxygen atoms in total. The molecular weight excluding hydrogens is 529 g/mol. The Kier molecular flexibility index (Phi) is 6.65. The molecule has 0 aliphatic carbocycles. The summed E-state index contributed by atoms with van der Waals surface area (Å²) in [7, 11) is 1.66. The molecule has 0 bridgehead atoms. The fourth-order valence-corrected chi connectivity index (χ4v) is 4.19. The monoisotopic (exact) mass is 555 g/mol. The number of carbonyl (C=O) groups is 1. The van der Waals surface area contributed by atoms with E-state index in [1.165, 1.54) is 0 Å². The third-order valence-corrected chi connectivity index (χ3v) is 5.93. The minimum Gasteiger partial charge on any atom is -0.497 e. The molecule has 0 radical (unpaired) electrons. The van der Waals surface area contributed by atoms with E-state index < -0.39 is 5.60 Å². The largest absolute Gasteiger partial charge is 0.497 e. The van der Waals surface area contributed by atoms with Crippen LogP contribution in [0, 0.1) is 3.57 Å². The van der Waals surface area contributed by atoms with Crippen molar-refractivity contribution in [1.29, 1.82) is 0 Å². The van der Waals surface area contributed by atoms with Crippen LogP contribution >= 0.6 is 22.6 Å². The van der Waals surface area contributed by atoms with Crippen LogP contribution in [0.25, 0.3) is 16.6 Å². The first-order valence-electron chi connectivity index (χ1n) is 10.6. The third-order valence-electron chi connectivity index (χ3n) is 5.07. The van der Waals surface area contributed by atoms with Crippen LogP contribution in [0.5, 0.6) is 11.5 Å². The molecule has 0 unspecified atom stereocenters. The zero-order valence-corrected chi connectivity index (χ0v) is 21.3. The van der Waals surface area contributed by atoms with Gasteiger partial charge in [-0.25, -0.2) is 4.79 Å². The Labute approximate surface area is 207 Å². The van der Waals surface area contributed by atoms with Gasteiger partial charge in [0.2, 0.25) is 0 Å². The van der Waals surface area contributed by atoms with Gasteiger partial charge in [0.15, 0.2) is 0 Å². The maximum absolute atomic E-state index is 12.3. The number of nitrogens with zero attached hydrogens (tertiary/aromatic N) is 1. The van der Waals surface area contributed by atoms with Crippen LogP contribution in [0.1, 0.15) is 36.7 Å². The van der Waals surface area contributed by atoms with Gasteiger partial charge in [-0.05, 0) is 97.5 Å². The molecule has 6 heteroatoms. The van der Waals surface area contributed by atoms with Crippen LogP contribution in [-0.4, -0.2) is 23.2 Å². The molecule has 0 saturated carbocycles. The lowest BCUT2D eigenvalue weighted by Gasteiger charge is -2.19. The molecule has 0 aliphatic heterocycles. The van der Waals surface area contributed by atoms with Gasteiger partial charge < -0.3 is 18.8 Å². The number of esters is 1. The van der Waals surface area contributed by atoms with E-state index in [1.54, 1.807) is 19.2 Å². The second-order valence-electron chi connectivity index (χ2n) is 8.71. The van der Waals surface area contributed by atoms with Crippen molar-refractivity contribution >= 4 is 39.5 Å². The Balaban J connectivity index is 1.57. The molecule has 4 aromatic rings. The fourth-order valence-electron chi connectivity index (χ4n) is 3.45. The lowest BCUT2D eigenvalue weighted by molar-refractivity contribution is 0.00695. The first-order valence-corrected chi connectivity index (χ1v) is 11.7. The van der Waals surface area contributed by atoms with E-state index in [2.05, 4.69) is 39.4 Å². The molecular formula is C27H26INO4. The Morgan fingerprint density at radius 2 is 1.61 bits per heavy atom. The van der Waals surface area contributed by atoms with Crippen molar-refractivity contribution in [2.75, 3.05) is 7.11 Å². The van der Waals surface area contributed by atoms with Crippen molar-refractivity contribution < 1.29 is 19.0 Å². The molecule has 0 spiro atoms. The highest BCUT2D eigenvalue weighted by Crippen LogP contribution is 2.30. The summed E-state index contributed by atoms with van der Waals surface area (Å²) in [4.78, 5) is 12.3. The number of fused-ring (bicyclic) bond motifs is 1. The van der Waals surface area contributed by atoms with Crippen molar-refractivity contribution in [2.24, 2.45) is 0 Å². The molecule has 3 aromatic carbocycles. The van der Waals surface area contributed by atoms with Gasteiger partial charge in [-0.2, -0.15) is 0 Å². The molecule has 1 aromatic heterocycles. The normalized spacial score (nSPS) is 11.4. The van der Waals surface area contributed by atoms with Gasteiger partial charge in [0, 0.05) is 26.9 Å². The fraction of sp³-hybridized carbons (Fsp3) is 0.222. The number of aromatic nitrogens is 1. The highest BCUT2D eigenvalue weighted by atomic mass is 127. The second-order valence-corrected chi connectivity index (χ2v) is 9.87. The minimum absolute atomic E-state index is 0.324. The molecule has 1 heterocycles. The van der Waals surface area contributed by atoms with Crippen molar-refractivity contribution in [1.82, 2.24) is 4.57 Å². The molecule has 0 fully saturated rings. The first kappa shape index (κ1) is 23.2. The van der Waals surface area contributed by atoms with Crippen LogP contribution in [0.2, 0.25) is 0 Å². The molecule has 0 aliphatic rings. The molecule has 0 saturated heterocycles. The molecule has 4 rings (SSSR count). The highest BCUT2D eigenvalue weighted by molar-refractivity contribution is 14.1. The van der Waals surface area contributed by atoms with E-state index in [9.17, 15) is 4.79 Å². The maximum Gasteiger partial charge on any atom is 0.338 e. The molecule has 33 heavy (non-hydrogen) atoms. The lowest BCUT2D eigenvalue weighted by Crippen LogP contribution is -2.23. The molecule has 0 N–H and O–H groups in total. The van der Waals surface area contributed by atoms with Gasteiger partial charge in [0.05, 0.1) is 18.2 Å². The Morgan fingerprint density at radius 3 is 2.24 bits per heavy atom. The van der Waals surface area contributed by atoms with E-state index in [0.29, 0.717) is 12.2 Å². The smallest absolute Gasteiger partial charge is 0.338 e. The topological polar surface area (TPSA) is 49.7 Å². The van der Waals surface area contributed by atoms with Gasteiger partial charge in [-0.1, -0.05) is 12.1 Å². The first-order chi connectivity index (χ1) is 15.7. The van der Waals surface area contributed by atoms with Gasteiger partial charge in [0.25, 0.3) is 0 Å². The zero-order valence-electron chi connectivity index (χ0n) is 19.1. The quantitative estimate of drug-likeness (QED) is 0.195. The minimum atomic E-state index is -0.523. The lowest BCUT2D eigenvalue weighted by atomic mass is 10.1. The summed E-state index contributed by atoms with van der Waals surface area (Å²) >= 11 is 2.34. The summed E-state index contributed by atoms with van der Waals surface area (Å²) < 4.78 is 20.0. The van der Waals surface area contributed by atoms with Crippen molar-refractivity contribution in [3.05, 3.63) is 87.6 Å². The maximum atomic E-state index is 12.3. The number of carbonyl (C=O) groups excluding carboxylic acids is 1. The second kappa shape index (κ2) is 9.47. The van der Waals surface area contributed by atoms with Crippen molar-refractivity contribution in [3.63, 3.8) is 0 Å². The van der Waals surface area contributed by atoms with Gasteiger partial charge in [-0.3, -0.25) is 0 Å². The van der Waals surface area contributed by atoms with E-state index in [0.717, 1.165) is 37.2 Å². The van der Waals surface area contributed by atoms with E-state index in [-0.39, 0.29) is 5.97 Å². The number of hydrogen-bond donors (Lipinski definition) is 0. The Morgan fingerprint density at radius 1 is 0.939 bits per heavy atom. The Bertz CT molecular complexity index is 1270. The van der Waals surface area contributed by atoms with E-state index in [1.807, 2.05) is 69.3 Å². The molecule has 170 valence electrons. The Hall–Kier alpha value is -3.00. The number of methoxy groups -OCH3 is 1. The van der Waals surface area contributed by atoms with Crippen LogP contribution in [0.3, 0.4) is 0 Å². The van der Waals surface area contributed by atoms with E-state index in [4.69, 9.17) is 14.2 Å². The van der Waals surface area contributed by atoms with Gasteiger partial charge >= 0.3 is 5.97 Å². The van der Waals surface area contributed by atoms with E-state index >= 15 is 0 Å². The number of halogens is 1. The zero-order chi connectivity index (χ0) is 23.6. The van der Waals surface area contributed by atoms with Crippen LogP contribution in [0.4, 0.5) is 0 Å². The van der Waals surface area contributed by atoms with Gasteiger partial charge in [0.1, 0.15) is 23.7 Å². The molecule has 0 atom stereocenters. The number of hydrogen-bond acceptors (Lipinski definition) is 4. The highest BCUT2D eigenvalue weighted by Gasteiger charge is 2.18. The van der Waals surface area contributed by atoms with Crippen molar-refractivity contribution in [2.45, 2.75) is 33.0 Å². The SMILES string of the molecule is COc1ccc(COc2ccc3c(I)cn(-c4ccc(C(=O)OC(C)(C)C)cc4)c3c2)cc1. The van der Waals surface area contributed by atoms with Crippen LogP contribution in [-0.2, 0) is 11.3 Å². The summed E-state index contributed by atoms with van der Waals surface area (Å²) in [6.45, 7) is 6.06. The van der Waals surface area contributed by atoms with Gasteiger partial charge in [-0.15, -0.1) is 0 Å². The predicted molar refractivity (Wildman–Crippen MR) is 138 cm³/mol. The van der Waals surface area contributed by atoms with Crippen LogP contribution in [0.15, 0.2) is 72.9 Å². The summed E-state index contributed by atoms with van der Waals surface area (Å²) in [5.74, 6) is 1.29. The van der Waals surface area contributed by atoms with Crippen LogP contribution < -0.4 is 9.47 Å². The summed E-state index contributed by atoms with van der Waals surface area (Å²) in [5.41, 5.74) is 3.08. The number of rotatable bonds is 6. The van der Waals surface area contributed by atoms with Crippen molar-refractivity contribution in [3.8, 4) is 17.2 Å². The summed E-state index contributed by atoms with van der Waals surface area (Å²) in [6, 6.07) is 21.4. The predicted octanol–water partition coefficient (Wildman–Crippen LogP) is 6.78. The third kappa shape index (κ3) is 5.50. The molecule has 0 amide bonds. The average Bonchev–Trinajstić information content (AvgIpc) is 3.13. The summed E-state index contributed by atoms with van der Waals surface area (Å²) in [6.07, 6.45) is 2.08. The standard InChI is InChI=1S/C27H26INO4/c1-27(2,3)33-26(30)19-7-9-20(10-8-19)29-16-24(28)23-14-13-22(15-25(23)29)32-17-18-5-11-21(31-4)12-6-18/h5-16H,17H2,1-4H3.